The summed E-state index contributed by atoms with van der Waals surface area (Å²) in [6, 6.07) is 4.30. The number of nitrogens with zero attached hydrogens (tertiary/aromatic N) is 3. The zero-order valence-electron chi connectivity index (χ0n) is 15.9. The molecular formula is C20H21F3N4O2. The smallest absolute Gasteiger partial charge is 0.387 e. The Kier molecular flexibility index (Phi) is 6.36. The molecule has 0 aliphatic carbocycles. The van der Waals surface area contributed by atoms with Crippen molar-refractivity contribution in [2.45, 2.75) is 45.8 Å². The normalized spacial score (nSPS) is 11.3. The minimum absolute atomic E-state index is 0.00731. The van der Waals surface area contributed by atoms with Crippen LogP contribution in [0, 0.1) is 5.82 Å². The molecule has 2 N–H and O–H groups in total. The number of unbranched alkanes of at least 4 members (excludes halogenated alkanes) is 3. The molecular weight excluding hydrogens is 385 g/mol. The third kappa shape index (κ3) is 4.67. The van der Waals surface area contributed by atoms with Crippen LogP contribution in [0.3, 0.4) is 0 Å². The van der Waals surface area contributed by atoms with Gasteiger partial charge in [-0.25, -0.2) is 14.4 Å². The van der Waals surface area contributed by atoms with Gasteiger partial charge in [0.1, 0.15) is 5.82 Å². The SMILES string of the molecule is CCCCCCn1ccc2cc(-c3ncc(OC(F)F)c(N)n3)c(F)cc2c1=O. The van der Waals surface area contributed by atoms with E-state index in [9.17, 15) is 18.0 Å². The van der Waals surface area contributed by atoms with E-state index in [2.05, 4.69) is 21.6 Å². The lowest BCUT2D eigenvalue weighted by Crippen LogP contribution is -2.19. The Morgan fingerprint density at radius 3 is 2.72 bits per heavy atom. The van der Waals surface area contributed by atoms with Gasteiger partial charge in [-0.05, 0) is 30.0 Å². The third-order valence-corrected chi connectivity index (χ3v) is 4.56. The standard InChI is InChI=1S/C20H21F3N4O2/c1-2-3-4-5-7-27-8-6-12-9-14(15(21)10-13(12)19(27)28)18-25-11-16(17(24)26-18)29-20(22)23/h6,8-11,20H,2-5,7H2,1H3,(H2,24,25,26). The van der Waals surface area contributed by atoms with Gasteiger partial charge in [0.05, 0.1) is 17.1 Å². The summed E-state index contributed by atoms with van der Waals surface area (Å²) in [5.74, 6) is -1.53. The zero-order chi connectivity index (χ0) is 21.0. The molecule has 2 aromatic heterocycles. The number of halogens is 3. The average molecular weight is 406 g/mol. The van der Waals surface area contributed by atoms with Crippen molar-refractivity contribution in [3.63, 3.8) is 0 Å². The summed E-state index contributed by atoms with van der Waals surface area (Å²) < 4.78 is 45.1. The Balaban J connectivity index is 1.94. The van der Waals surface area contributed by atoms with Crippen LogP contribution in [0.4, 0.5) is 19.0 Å². The zero-order valence-corrected chi connectivity index (χ0v) is 15.9. The minimum Gasteiger partial charge on any atom is -0.429 e. The van der Waals surface area contributed by atoms with Crippen LogP contribution in [0.2, 0.25) is 0 Å². The van der Waals surface area contributed by atoms with Gasteiger partial charge >= 0.3 is 6.61 Å². The first-order chi connectivity index (χ1) is 13.9. The molecule has 0 saturated heterocycles. The lowest BCUT2D eigenvalue weighted by Gasteiger charge is -2.10. The maximum Gasteiger partial charge on any atom is 0.387 e. The second-order valence-corrected chi connectivity index (χ2v) is 6.62. The van der Waals surface area contributed by atoms with Crippen LogP contribution in [0.25, 0.3) is 22.2 Å². The summed E-state index contributed by atoms with van der Waals surface area (Å²) in [6.07, 6.45) is 6.74. The lowest BCUT2D eigenvalue weighted by atomic mass is 10.1. The lowest BCUT2D eigenvalue weighted by molar-refractivity contribution is -0.0497. The monoisotopic (exact) mass is 406 g/mol. The average Bonchev–Trinajstić information content (AvgIpc) is 2.68. The highest BCUT2D eigenvalue weighted by atomic mass is 19.3. The highest BCUT2D eigenvalue weighted by Crippen LogP contribution is 2.27. The highest BCUT2D eigenvalue weighted by Gasteiger charge is 2.16. The second-order valence-electron chi connectivity index (χ2n) is 6.62. The van der Waals surface area contributed by atoms with Crippen molar-refractivity contribution in [1.82, 2.24) is 14.5 Å². The molecule has 0 bridgehead atoms. The van der Waals surface area contributed by atoms with Gasteiger partial charge in [0.15, 0.2) is 17.4 Å². The number of ether oxygens (including phenoxy) is 1. The van der Waals surface area contributed by atoms with Crippen LogP contribution in [-0.2, 0) is 6.54 Å². The molecule has 0 radical (unpaired) electrons. The van der Waals surface area contributed by atoms with Crippen LogP contribution in [0.1, 0.15) is 32.6 Å². The quantitative estimate of drug-likeness (QED) is 0.562. The fourth-order valence-corrected chi connectivity index (χ4v) is 3.06. The van der Waals surface area contributed by atoms with Crippen molar-refractivity contribution in [2.75, 3.05) is 5.73 Å². The molecule has 29 heavy (non-hydrogen) atoms. The number of nitrogen functional groups attached to an aromatic ring is 1. The van der Waals surface area contributed by atoms with E-state index in [4.69, 9.17) is 5.73 Å². The second kappa shape index (κ2) is 8.93. The Bertz CT molecular complexity index is 1070. The molecule has 0 spiro atoms. The third-order valence-electron chi connectivity index (χ3n) is 4.56. The Labute approximate surface area is 165 Å². The summed E-state index contributed by atoms with van der Waals surface area (Å²) in [6.45, 7) is -0.392. The summed E-state index contributed by atoms with van der Waals surface area (Å²) in [5.41, 5.74) is 5.33. The van der Waals surface area contributed by atoms with E-state index in [1.165, 1.54) is 6.07 Å². The van der Waals surface area contributed by atoms with Gasteiger partial charge in [0.2, 0.25) is 0 Å². The molecule has 0 aliphatic rings. The van der Waals surface area contributed by atoms with E-state index in [1.807, 2.05) is 0 Å². The molecule has 6 nitrogen and oxygen atoms in total. The van der Waals surface area contributed by atoms with Crippen LogP contribution < -0.4 is 16.0 Å². The van der Waals surface area contributed by atoms with Gasteiger partial charge in [0, 0.05) is 12.7 Å². The van der Waals surface area contributed by atoms with Gasteiger partial charge in [-0.15, -0.1) is 0 Å². The fourth-order valence-electron chi connectivity index (χ4n) is 3.06. The number of pyridine rings is 1. The van der Waals surface area contributed by atoms with Crippen molar-refractivity contribution < 1.29 is 17.9 Å². The number of benzene rings is 1. The first-order valence-electron chi connectivity index (χ1n) is 9.31. The maximum absolute atomic E-state index is 14.7. The van der Waals surface area contributed by atoms with Crippen molar-refractivity contribution in [1.29, 1.82) is 0 Å². The first kappa shape index (κ1) is 20.6. The molecule has 2 heterocycles. The molecule has 9 heteroatoms. The number of aryl methyl sites for hydroxylation is 1. The van der Waals surface area contributed by atoms with Gasteiger partial charge in [-0.3, -0.25) is 4.79 Å². The van der Waals surface area contributed by atoms with E-state index in [0.717, 1.165) is 37.9 Å². The Morgan fingerprint density at radius 1 is 1.24 bits per heavy atom. The Hall–Kier alpha value is -3.10. The molecule has 0 fully saturated rings. The van der Waals surface area contributed by atoms with Crippen molar-refractivity contribution >= 4 is 16.6 Å². The van der Waals surface area contributed by atoms with Crippen LogP contribution in [0.5, 0.6) is 5.75 Å². The predicted octanol–water partition coefficient (Wildman–Crippen LogP) is 4.36. The van der Waals surface area contributed by atoms with E-state index < -0.39 is 18.2 Å². The minimum atomic E-state index is -3.08. The highest BCUT2D eigenvalue weighted by molar-refractivity contribution is 5.86. The van der Waals surface area contributed by atoms with E-state index in [0.29, 0.717) is 11.9 Å². The van der Waals surface area contributed by atoms with Gasteiger partial charge in [0.25, 0.3) is 5.56 Å². The number of rotatable bonds is 8. The van der Waals surface area contributed by atoms with E-state index in [1.54, 1.807) is 16.8 Å². The molecule has 0 unspecified atom stereocenters. The number of nitrogens with two attached hydrogens (primary N) is 1. The molecule has 3 aromatic rings. The summed E-state index contributed by atoms with van der Waals surface area (Å²) in [5, 5.41) is 0.765. The topological polar surface area (TPSA) is 83.0 Å². The van der Waals surface area contributed by atoms with Gasteiger partial charge < -0.3 is 15.0 Å². The summed E-state index contributed by atoms with van der Waals surface area (Å²) in [4.78, 5) is 20.4. The number of alkyl halides is 2. The van der Waals surface area contributed by atoms with Crippen LogP contribution in [-0.4, -0.2) is 21.1 Å². The van der Waals surface area contributed by atoms with E-state index in [-0.39, 0.29) is 28.2 Å². The van der Waals surface area contributed by atoms with Crippen molar-refractivity contribution in [3.8, 4) is 17.1 Å². The predicted molar refractivity (Wildman–Crippen MR) is 104 cm³/mol. The molecule has 0 saturated carbocycles. The number of aromatic nitrogens is 3. The number of hydrogen-bond donors (Lipinski definition) is 1. The molecule has 0 aliphatic heterocycles. The first-order valence-corrected chi connectivity index (χ1v) is 9.31. The largest absolute Gasteiger partial charge is 0.429 e. The summed E-state index contributed by atoms with van der Waals surface area (Å²) >= 11 is 0. The maximum atomic E-state index is 14.7. The molecule has 0 atom stereocenters. The van der Waals surface area contributed by atoms with Crippen LogP contribution in [0.15, 0.2) is 35.4 Å². The molecule has 154 valence electrons. The number of anilines is 1. The number of hydrogen-bond acceptors (Lipinski definition) is 5. The Morgan fingerprint density at radius 2 is 2.03 bits per heavy atom. The fraction of sp³-hybridized carbons (Fsp3) is 0.350. The summed E-state index contributed by atoms with van der Waals surface area (Å²) in [7, 11) is 0. The van der Waals surface area contributed by atoms with E-state index >= 15 is 0 Å². The van der Waals surface area contributed by atoms with Gasteiger partial charge in [-0.1, -0.05) is 26.2 Å². The molecule has 1 aromatic carbocycles. The van der Waals surface area contributed by atoms with Crippen molar-refractivity contribution in [2.24, 2.45) is 0 Å². The van der Waals surface area contributed by atoms with Gasteiger partial charge in [-0.2, -0.15) is 8.78 Å². The molecule has 3 rings (SSSR count). The van der Waals surface area contributed by atoms with Crippen molar-refractivity contribution in [3.05, 3.63) is 46.8 Å². The molecule has 0 amide bonds. The number of fused-ring (bicyclic) bond motifs is 1. The van der Waals surface area contributed by atoms with Crippen LogP contribution >= 0.6 is 0 Å².